The lowest BCUT2D eigenvalue weighted by Gasteiger charge is -2.19. The predicted octanol–water partition coefficient (Wildman–Crippen LogP) is 3.77. The predicted molar refractivity (Wildman–Crippen MR) is 140 cm³/mol. The number of amides is 1. The quantitative estimate of drug-likeness (QED) is 0.218. The first-order valence-corrected chi connectivity index (χ1v) is 11.3. The van der Waals surface area contributed by atoms with E-state index in [2.05, 4.69) is 15.6 Å². The van der Waals surface area contributed by atoms with Crippen molar-refractivity contribution in [2.24, 2.45) is 0 Å². The van der Waals surface area contributed by atoms with Gasteiger partial charge < -0.3 is 30.6 Å². The molecular weight excluding hydrogens is 466 g/mol. The number of aromatic nitrogens is 1. The molecule has 0 spiro atoms. The van der Waals surface area contributed by atoms with Crippen molar-refractivity contribution in [3.63, 3.8) is 0 Å². The van der Waals surface area contributed by atoms with Crippen LogP contribution in [0.25, 0.3) is 10.9 Å². The summed E-state index contributed by atoms with van der Waals surface area (Å²) < 4.78 is 5.56. The summed E-state index contributed by atoms with van der Waals surface area (Å²) in [5.74, 6) is 0.537. The normalized spacial score (nSPS) is 12.5. The van der Waals surface area contributed by atoms with Crippen molar-refractivity contribution in [3.05, 3.63) is 96.2 Å². The van der Waals surface area contributed by atoms with Crippen LogP contribution in [0.2, 0.25) is 0 Å². The molecule has 2 atom stereocenters. The van der Waals surface area contributed by atoms with Gasteiger partial charge in [-0.25, -0.2) is 0 Å². The SMILES string of the molecule is Cl.O=C(Nc1ccc(C[C@@H](CO)NC[C@H](O)COc2ccccc2)cc1)c1ccc2[nH]ccc2c1. The number of halogens is 1. The molecule has 0 saturated carbocycles. The zero-order valence-electron chi connectivity index (χ0n) is 19.2. The Balaban J connectivity index is 0.00000342. The van der Waals surface area contributed by atoms with Crippen LogP contribution in [-0.4, -0.2) is 53.0 Å². The van der Waals surface area contributed by atoms with E-state index in [1.165, 1.54) is 0 Å². The highest BCUT2D eigenvalue weighted by Gasteiger charge is 2.13. The summed E-state index contributed by atoms with van der Waals surface area (Å²) in [4.78, 5) is 15.7. The number of H-pyrrole nitrogens is 1. The van der Waals surface area contributed by atoms with Crippen LogP contribution in [0.1, 0.15) is 15.9 Å². The minimum absolute atomic E-state index is 0. The van der Waals surface area contributed by atoms with E-state index in [4.69, 9.17) is 4.74 Å². The number of carbonyl (C=O) groups is 1. The van der Waals surface area contributed by atoms with E-state index < -0.39 is 6.10 Å². The zero-order valence-corrected chi connectivity index (χ0v) is 20.0. The van der Waals surface area contributed by atoms with Crippen LogP contribution in [0.3, 0.4) is 0 Å². The fourth-order valence-electron chi connectivity index (χ4n) is 3.68. The Morgan fingerprint density at radius 1 is 1.00 bits per heavy atom. The van der Waals surface area contributed by atoms with Gasteiger partial charge in [-0.15, -0.1) is 12.4 Å². The maximum absolute atomic E-state index is 12.6. The molecule has 0 aliphatic heterocycles. The molecule has 0 saturated heterocycles. The lowest BCUT2D eigenvalue weighted by atomic mass is 10.1. The Morgan fingerprint density at radius 2 is 1.77 bits per heavy atom. The molecule has 4 rings (SSSR count). The van der Waals surface area contributed by atoms with Gasteiger partial charge in [-0.1, -0.05) is 30.3 Å². The number of rotatable bonds is 11. The first kappa shape index (κ1) is 26.2. The topological polar surface area (TPSA) is 107 Å². The van der Waals surface area contributed by atoms with Gasteiger partial charge in [-0.2, -0.15) is 0 Å². The van der Waals surface area contributed by atoms with Crippen molar-refractivity contribution in [3.8, 4) is 5.75 Å². The second kappa shape index (κ2) is 12.9. The third-order valence-electron chi connectivity index (χ3n) is 5.56. The first-order valence-electron chi connectivity index (χ1n) is 11.3. The van der Waals surface area contributed by atoms with Gasteiger partial charge in [0.25, 0.3) is 5.91 Å². The maximum atomic E-state index is 12.6. The van der Waals surface area contributed by atoms with Crippen molar-refractivity contribution < 1.29 is 19.7 Å². The van der Waals surface area contributed by atoms with Gasteiger partial charge in [0, 0.05) is 40.9 Å². The molecular formula is C27H30ClN3O4. The second-order valence-corrected chi connectivity index (χ2v) is 8.20. The molecule has 0 unspecified atom stereocenters. The summed E-state index contributed by atoms with van der Waals surface area (Å²) in [6.07, 6.45) is 1.73. The number of aromatic amines is 1. The van der Waals surface area contributed by atoms with E-state index in [0.29, 0.717) is 30.0 Å². The third-order valence-corrected chi connectivity index (χ3v) is 5.56. The zero-order chi connectivity index (χ0) is 23.8. The van der Waals surface area contributed by atoms with Crippen LogP contribution >= 0.6 is 12.4 Å². The Hall–Kier alpha value is -3.36. The molecule has 0 aliphatic rings. The van der Waals surface area contributed by atoms with Gasteiger partial charge in [-0.05, 0) is 60.5 Å². The molecule has 1 aromatic heterocycles. The Labute approximate surface area is 210 Å². The molecule has 0 aliphatic carbocycles. The second-order valence-electron chi connectivity index (χ2n) is 8.20. The van der Waals surface area contributed by atoms with Crippen molar-refractivity contribution in [2.45, 2.75) is 18.6 Å². The number of anilines is 1. The molecule has 0 fully saturated rings. The number of para-hydroxylation sites is 1. The number of benzene rings is 3. The average Bonchev–Trinajstić information content (AvgIpc) is 3.35. The van der Waals surface area contributed by atoms with Crippen LogP contribution in [0, 0.1) is 0 Å². The van der Waals surface area contributed by atoms with Gasteiger partial charge >= 0.3 is 0 Å². The molecule has 5 N–H and O–H groups in total. The van der Waals surface area contributed by atoms with Crippen molar-refractivity contribution in [1.29, 1.82) is 0 Å². The number of fused-ring (bicyclic) bond motifs is 1. The molecule has 1 heterocycles. The molecule has 8 heteroatoms. The number of carbonyl (C=O) groups excluding carboxylic acids is 1. The highest BCUT2D eigenvalue weighted by molar-refractivity contribution is 6.06. The lowest BCUT2D eigenvalue weighted by molar-refractivity contribution is 0.0997. The molecule has 1 amide bonds. The number of ether oxygens (including phenoxy) is 1. The molecule has 0 bridgehead atoms. The molecule has 3 aromatic carbocycles. The summed E-state index contributed by atoms with van der Waals surface area (Å²) in [6, 6.07) is 24.1. The highest BCUT2D eigenvalue weighted by Crippen LogP contribution is 2.17. The first-order chi connectivity index (χ1) is 16.6. The summed E-state index contributed by atoms with van der Waals surface area (Å²) in [5, 5.41) is 27.0. The Morgan fingerprint density at radius 3 is 2.51 bits per heavy atom. The van der Waals surface area contributed by atoms with Crippen LogP contribution in [0.4, 0.5) is 5.69 Å². The smallest absolute Gasteiger partial charge is 0.255 e. The number of aliphatic hydroxyl groups excluding tert-OH is 2. The maximum Gasteiger partial charge on any atom is 0.255 e. The molecule has 184 valence electrons. The number of hydrogen-bond donors (Lipinski definition) is 5. The monoisotopic (exact) mass is 495 g/mol. The van der Waals surface area contributed by atoms with Crippen LogP contribution in [0.5, 0.6) is 5.75 Å². The highest BCUT2D eigenvalue weighted by atomic mass is 35.5. The lowest BCUT2D eigenvalue weighted by Crippen LogP contribution is -2.41. The fraction of sp³-hybridized carbons (Fsp3) is 0.222. The average molecular weight is 496 g/mol. The Kier molecular flexibility index (Phi) is 9.69. The largest absolute Gasteiger partial charge is 0.491 e. The van der Waals surface area contributed by atoms with Crippen LogP contribution in [-0.2, 0) is 6.42 Å². The van der Waals surface area contributed by atoms with E-state index in [0.717, 1.165) is 16.5 Å². The molecule has 35 heavy (non-hydrogen) atoms. The van der Waals surface area contributed by atoms with Crippen molar-refractivity contribution >= 4 is 34.9 Å². The molecule has 7 nitrogen and oxygen atoms in total. The summed E-state index contributed by atoms with van der Waals surface area (Å²) in [6.45, 7) is 0.407. The van der Waals surface area contributed by atoms with Gasteiger partial charge in [0.2, 0.25) is 0 Å². The van der Waals surface area contributed by atoms with E-state index in [1.54, 1.807) is 6.07 Å². The van der Waals surface area contributed by atoms with Gasteiger partial charge in [0.15, 0.2) is 0 Å². The van der Waals surface area contributed by atoms with E-state index in [9.17, 15) is 15.0 Å². The summed E-state index contributed by atoms with van der Waals surface area (Å²) in [7, 11) is 0. The third kappa shape index (κ3) is 7.56. The number of hydrogen-bond acceptors (Lipinski definition) is 5. The van der Waals surface area contributed by atoms with Crippen LogP contribution in [0.15, 0.2) is 85.1 Å². The fourth-order valence-corrected chi connectivity index (χ4v) is 3.68. The van der Waals surface area contributed by atoms with E-state index >= 15 is 0 Å². The number of aliphatic hydroxyl groups is 2. The minimum Gasteiger partial charge on any atom is -0.491 e. The minimum atomic E-state index is -0.697. The standard InChI is InChI=1S/C27H29N3O4.ClH/c31-17-23(29-16-24(32)18-34-25-4-2-1-3-5-25)14-19-6-9-22(10-7-19)30-27(33)21-8-11-26-20(15-21)12-13-28-26;/h1-13,15,23-24,28-29,31-32H,14,16-18H2,(H,30,33);1H/t23-,24-;/m0./s1. The molecule has 4 aromatic rings. The molecule has 0 radical (unpaired) electrons. The van der Waals surface area contributed by atoms with Gasteiger partial charge in [0.05, 0.1) is 6.61 Å². The summed E-state index contributed by atoms with van der Waals surface area (Å²) in [5.41, 5.74) is 3.29. The van der Waals surface area contributed by atoms with Crippen molar-refractivity contribution in [1.82, 2.24) is 10.3 Å². The van der Waals surface area contributed by atoms with Gasteiger partial charge in [-0.3, -0.25) is 4.79 Å². The van der Waals surface area contributed by atoms with Crippen molar-refractivity contribution in [2.75, 3.05) is 25.1 Å². The Bertz CT molecular complexity index is 1200. The number of nitrogens with one attached hydrogen (secondary N) is 3. The van der Waals surface area contributed by atoms with Gasteiger partial charge in [0.1, 0.15) is 18.5 Å². The summed E-state index contributed by atoms with van der Waals surface area (Å²) >= 11 is 0. The van der Waals surface area contributed by atoms with Crippen LogP contribution < -0.4 is 15.4 Å². The van der Waals surface area contributed by atoms with E-state index in [-0.39, 0.29) is 37.6 Å². The van der Waals surface area contributed by atoms with E-state index in [1.807, 2.05) is 79.0 Å².